The van der Waals surface area contributed by atoms with E-state index >= 15 is 0 Å². The SMILES string of the molecule is O=C(Nc1cc2c(c3c1CCC3)CCC2)NS(=O)(=O)c1cnn2c1OCC1(COC1)C2. The number of anilines is 1. The van der Waals surface area contributed by atoms with E-state index in [1.807, 2.05) is 6.07 Å². The molecule has 9 nitrogen and oxygen atoms in total. The third-order valence-electron chi connectivity index (χ3n) is 6.83. The predicted molar refractivity (Wildman–Crippen MR) is 111 cm³/mol. The monoisotopic (exact) mass is 444 g/mol. The van der Waals surface area contributed by atoms with Gasteiger partial charge in [0.05, 0.1) is 31.4 Å². The number of nitrogens with zero attached hydrogens (tertiary/aromatic N) is 2. The van der Waals surface area contributed by atoms with Gasteiger partial charge >= 0.3 is 6.03 Å². The second-order valence-electron chi connectivity index (χ2n) is 9.04. The first-order valence-electron chi connectivity index (χ1n) is 10.7. The van der Waals surface area contributed by atoms with Gasteiger partial charge in [0.1, 0.15) is 6.61 Å². The number of nitrogens with one attached hydrogen (secondary N) is 2. The quantitative estimate of drug-likeness (QED) is 0.747. The van der Waals surface area contributed by atoms with Crippen LogP contribution < -0.4 is 14.8 Å². The van der Waals surface area contributed by atoms with Crippen molar-refractivity contribution in [2.24, 2.45) is 5.41 Å². The molecule has 1 fully saturated rings. The Kier molecular flexibility index (Phi) is 4.13. The molecule has 10 heteroatoms. The van der Waals surface area contributed by atoms with Crippen molar-refractivity contribution in [2.45, 2.75) is 50.0 Å². The lowest BCUT2D eigenvalue weighted by atomic mass is 9.86. The van der Waals surface area contributed by atoms with E-state index in [4.69, 9.17) is 9.47 Å². The summed E-state index contributed by atoms with van der Waals surface area (Å²) in [5.41, 5.74) is 5.78. The Morgan fingerprint density at radius 2 is 1.84 bits per heavy atom. The molecule has 1 aromatic carbocycles. The molecule has 2 aromatic rings. The second-order valence-corrected chi connectivity index (χ2v) is 10.7. The third kappa shape index (κ3) is 3.03. The van der Waals surface area contributed by atoms with Crippen LogP contribution in [0, 0.1) is 5.41 Å². The molecule has 0 unspecified atom stereocenters. The topological polar surface area (TPSA) is 112 Å². The Balaban J connectivity index is 1.22. The lowest BCUT2D eigenvalue weighted by molar-refractivity contribution is -0.154. The number of ether oxygens (including phenoxy) is 2. The average molecular weight is 445 g/mol. The van der Waals surface area contributed by atoms with Crippen LogP contribution in [0.25, 0.3) is 0 Å². The Morgan fingerprint density at radius 3 is 2.65 bits per heavy atom. The normalized spacial score (nSPS) is 20.4. The molecule has 0 saturated carbocycles. The van der Waals surface area contributed by atoms with Crippen LogP contribution in [0.1, 0.15) is 35.1 Å². The largest absolute Gasteiger partial charge is 0.476 e. The van der Waals surface area contributed by atoms with Gasteiger partial charge in [0, 0.05) is 5.69 Å². The number of aromatic nitrogens is 2. The summed E-state index contributed by atoms with van der Waals surface area (Å²) in [6.07, 6.45) is 7.46. The standard InChI is InChI=1S/C21H24N4O5S/c26-20(23-17-7-13-3-1-4-14(13)15-5-2-6-16(15)17)24-31(27,28)18-8-22-25-9-21(10-29-11-21)12-30-19(18)25/h7-8H,1-6,9-12H2,(H2,23,24,26). The van der Waals surface area contributed by atoms with E-state index in [9.17, 15) is 13.2 Å². The molecule has 3 heterocycles. The molecule has 2 aliphatic heterocycles. The van der Waals surface area contributed by atoms with Gasteiger partial charge in [-0.2, -0.15) is 5.10 Å². The van der Waals surface area contributed by atoms with Gasteiger partial charge in [0.25, 0.3) is 10.0 Å². The zero-order chi connectivity index (χ0) is 21.2. The molecule has 2 aliphatic carbocycles. The number of carbonyl (C=O) groups excluding carboxylic acids is 1. The summed E-state index contributed by atoms with van der Waals surface area (Å²) in [6, 6.07) is 1.25. The number of sulfonamides is 1. The Hall–Kier alpha value is -2.59. The van der Waals surface area contributed by atoms with Crippen LogP contribution in [0.5, 0.6) is 5.88 Å². The number of rotatable bonds is 3. The fraction of sp³-hybridized carbons (Fsp3) is 0.524. The van der Waals surface area contributed by atoms with Gasteiger partial charge in [-0.05, 0) is 66.8 Å². The molecule has 4 aliphatic rings. The van der Waals surface area contributed by atoms with E-state index in [0.717, 1.165) is 49.8 Å². The van der Waals surface area contributed by atoms with Crippen molar-refractivity contribution in [3.8, 4) is 5.88 Å². The lowest BCUT2D eigenvalue weighted by Crippen LogP contribution is -2.52. The summed E-state index contributed by atoms with van der Waals surface area (Å²) in [6.45, 7) is 2.04. The first kappa shape index (κ1) is 19.1. The number of hydrogen-bond acceptors (Lipinski definition) is 6. The Labute approximate surface area is 180 Å². The molecule has 0 bridgehead atoms. The van der Waals surface area contributed by atoms with Crippen molar-refractivity contribution >= 4 is 21.7 Å². The molecule has 6 rings (SSSR count). The van der Waals surface area contributed by atoms with E-state index in [2.05, 4.69) is 15.1 Å². The minimum absolute atomic E-state index is 0.128. The number of fused-ring (bicyclic) bond motifs is 4. The lowest BCUT2D eigenvalue weighted by Gasteiger charge is -2.43. The van der Waals surface area contributed by atoms with Gasteiger partial charge < -0.3 is 14.8 Å². The molecular formula is C21H24N4O5S. The molecule has 1 aromatic heterocycles. The first-order chi connectivity index (χ1) is 14.9. The number of aryl methyl sites for hydroxylation is 1. The fourth-order valence-corrected chi connectivity index (χ4v) is 6.28. The third-order valence-corrected chi connectivity index (χ3v) is 8.14. The molecule has 164 valence electrons. The zero-order valence-corrected chi connectivity index (χ0v) is 17.9. The molecule has 31 heavy (non-hydrogen) atoms. The van der Waals surface area contributed by atoms with E-state index in [-0.39, 0.29) is 16.2 Å². The van der Waals surface area contributed by atoms with Crippen LogP contribution >= 0.6 is 0 Å². The number of urea groups is 1. The summed E-state index contributed by atoms with van der Waals surface area (Å²) in [5, 5.41) is 6.95. The predicted octanol–water partition coefficient (Wildman–Crippen LogP) is 1.78. The van der Waals surface area contributed by atoms with Crippen LogP contribution in [0.2, 0.25) is 0 Å². The summed E-state index contributed by atoms with van der Waals surface area (Å²) in [4.78, 5) is 12.5. The van der Waals surface area contributed by atoms with Crippen molar-refractivity contribution in [3.05, 3.63) is 34.5 Å². The number of benzene rings is 1. The van der Waals surface area contributed by atoms with Crippen molar-refractivity contribution in [2.75, 3.05) is 25.1 Å². The Bertz CT molecular complexity index is 1200. The molecule has 0 atom stereocenters. The van der Waals surface area contributed by atoms with E-state index in [1.165, 1.54) is 27.6 Å². The molecule has 1 saturated heterocycles. The molecule has 2 amide bonds. The highest BCUT2D eigenvalue weighted by atomic mass is 32.2. The highest BCUT2D eigenvalue weighted by molar-refractivity contribution is 7.90. The van der Waals surface area contributed by atoms with Gasteiger partial charge in [-0.15, -0.1) is 0 Å². The zero-order valence-electron chi connectivity index (χ0n) is 17.1. The van der Waals surface area contributed by atoms with E-state index < -0.39 is 16.1 Å². The van der Waals surface area contributed by atoms with Gasteiger partial charge in [0.15, 0.2) is 4.90 Å². The molecule has 2 N–H and O–H groups in total. The van der Waals surface area contributed by atoms with Crippen LogP contribution in [0.15, 0.2) is 17.2 Å². The van der Waals surface area contributed by atoms with Crippen LogP contribution in [-0.2, 0) is 47.0 Å². The van der Waals surface area contributed by atoms with Crippen molar-refractivity contribution in [1.29, 1.82) is 0 Å². The summed E-state index contributed by atoms with van der Waals surface area (Å²) in [5.74, 6) is 0.163. The minimum atomic E-state index is -4.13. The van der Waals surface area contributed by atoms with Gasteiger partial charge in [-0.1, -0.05) is 0 Å². The molecule has 0 radical (unpaired) electrons. The van der Waals surface area contributed by atoms with Crippen molar-refractivity contribution in [3.63, 3.8) is 0 Å². The molecule has 1 spiro atoms. The van der Waals surface area contributed by atoms with Crippen molar-refractivity contribution < 1.29 is 22.7 Å². The average Bonchev–Trinajstić information content (AvgIpc) is 3.43. The van der Waals surface area contributed by atoms with Gasteiger partial charge in [-0.3, -0.25) is 0 Å². The van der Waals surface area contributed by atoms with Gasteiger partial charge in [0.2, 0.25) is 5.88 Å². The second kappa shape index (κ2) is 6.70. The highest BCUT2D eigenvalue weighted by Gasteiger charge is 2.45. The maximum atomic E-state index is 12.9. The van der Waals surface area contributed by atoms with Crippen LogP contribution in [0.4, 0.5) is 10.5 Å². The number of hydrogen-bond donors (Lipinski definition) is 2. The summed E-state index contributed by atoms with van der Waals surface area (Å²) < 4.78 is 40.5. The smallest absolute Gasteiger partial charge is 0.333 e. The summed E-state index contributed by atoms with van der Waals surface area (Å²) >= 11 is 0. The maximum absolute atomic E-state index is 12.9. The van der Waals surface area contributed by atoms with Crippen LogP contribution in [-0.4, -0.2) is 44.1 Å². The maximum Gasteiger partial charge on any atom is 0.333 e. The first-order valence-corrected chi connectivity index (χ1v) is 12.2. The summed E-state index contributed by atoms with van der Waals surface area (Å²) in [7, 11) is -4.13. The fourth-order valence-electron chi connectivity index (χ4n) is 5.29. The Morgan fingerprint density at radius 1 is 1.06 bits per heavy atom. The molecular weight excluding hydrogens is 420 g/mol. The highest BCUT2D eigenvalue weighted by Crippen LogP contribution is 2.39. The number of carbonyl (C=O) groups is 1. The van der Waals surface area contributed by atoms with Crippen molar-refractivity contribution in [1.82, 2.24) is 14.5 Å². The van der Waals surface area contributed by atoms with E-state index in [1.54, 1.807) is 0 Å². The number of amides is 2. The van der Waals surface area contributed by atoms with Crippen LogP contribution in [0.3, 0.4) is 0 Å². The minimum Gasteiger partial charge on any atom is -0.476 e. The van der Waals surface area contributed by atoms with E-state index in [0.29, 0.717) is 26.4 Å². The van der Waals surface area contributed by atoms with Gasteiger partial charge in [-0.25, -0.2) is 22.6 Å².